The number of carbonyl (C=O) groups is 5. The molecular weight excluding hydrogens is 906 g/mol. The summed E-state index contributed by atoms with van der Waals surface area (Å²) in [5.74, 6) is -8.11. The van der Waals surface area contributed by atoms with Gasteiger partial charge < -0.3 is 43.3 Å². The molecular formula is C53H84NO14P. The van der Waals surface area contributed by atoms with Gasteiger partial charge in [0.15, 0.2) is 13.2 Å². The molecule has 3 heterocycles. The standard InChI is InChI=1S/C53H84NO14P/c1-32-18-14-13-15-19-33(2)44(63-8)30-40-23-21-38(7)53(61,67-40)50(58)51(59)54-25-17-16-20-41(54)52(60)66-45(35(4)28-39-22-24-43(46(29-39)64-9)68-69(11,12)62)31-42(55)34(3)27-37(6)48(57)49(65-10)47(56)36(5)26-32/h13-15,18-19,27,32,34-36,38-41,43-46,48-49,57,61H,16-17,20-26,28-31H2,1-12H3/b15-13+,18-14+,33-19-,37-27+/t32-,34?,35-,36-,38-,39+,40+,41+,43-,44+,45+,46-,48-,49+,53-/m1/s1. The van der Waals surface area contributed by atoms with Crippen molar-refractivity contribution in [3.63, 3.8) is 0 Å². The Hall–Kier alpha value is -3.14. The maximum Gasteiger partial charge on any atom is 0.329 e. The normalized spacial score (nSPS) is 39.0. The van der Waals surface area contributed by atoms with E-state index in [0.29, 0.717) is 63.4 Å². The van der Waals surface area contributed by atoms with E-state index >= 15 is 0 Å². The molecule has 16 heteroatoms. The number of aliphatic hydroxyl groups excluding tert-OH is 1. The van der Waals surface area contributed by atoms with Gasteiger partial charge in [-0.25, -0.2) is 4.79 Å². The van der Waals surface area contributed by atoms with Gasteiger partial charge in [0.05, 0.1) is 24.4 Å². The van der Waals surface area contributed by atoms with E-state index in [4.69, 9.17) is 28.2 Å². The van der Waals surface area contributed by atoms with Crippen LogP contribution in [-0.4, -0.2) is 140 Å². The number of rotatable bonds is 8. The Bertz CT molecular complexity index is 1940. The molecule has 4 rings (SSSR count). The maximum atomic E-state index is 14.5. The number of piperidine rings is 1. The van der Waals surface area contributed by atoms with Crippen LogP contribution >= 0.6 is 7.37 Å². The van der Waals surface area contributed by atoms with Gasteiger partial charge in [0, 0.05) is 71.8 Å². The van der Waals surface area contributed by atoms with E-state index in [1.807, 2.05) is 58.1 Å². The molecule has 3 aliphatic heterocycles. The van der Waals surface area contributed by atoms with Crippen LogP contribution in [0.25, 0.3) is 0 Å². The van der Waals surface area contributed by atoms with Crippen LogP contribution in [0.4, 0.5) is 0 Å². The molecule has 1 saturated carbocycles. The van der Waals surface area contributed by atoms with E-state index in [1.165, 1.54) is 12.0 Å². The third-order valence-corrected chi connectivity index (χ3v) is 15.6. The number of hydrogen-bond acceptors (Lipinski definition) is 14. The van der Waals surface area contributed by atoms with Crippen LogP contribution in [0.2, 0.25) is 0 Å². The number of esters is 1. The van der Waals surface area contributed by atoms with Gasteiger partial charge in [-0.1, -0.05) is 71.1 Å². The summed E-state index contributed by atoms with van der Waals surface area (Å²) in [6.45, 7) is 15.9. The highest BCUT2D eigenvalue weighted by atomic mass is 31.2. The number of Topliss-reactive ketones (excluding diaryl/α,β-unsaturated/α-hetero) is 3. The van der Waals surface area contributed by atoms with Crippen LogP contribution in [0.1, 0.15) is 126 Å². The molecule has 1 unspecified atom stereocenters. The zero-order valence-corrected chi connectivity index (χ0v) is 44.3. The number of ether oxygens (including phenoxy) is 5. The maximum absolute atomic E-state index is 14.5. The van der Waals surface area contributed by atoms with Crippen molar-refractivity contribution < 1.29 is 67.0 Å². The molecule has 2 saturated heterocycles. The fraction of sp³-hybridized carbons (Fsp3) is 0.755. The second kappa shape index (κ2) is 26.5. The van der Waals surface area contributed by atoms with Crippen molar-refractivity contribution in [2.45, 2.75) is 180 Å². The molecule has 0 spiro atoms. The number of amides is 1. The lowest BCUT2D eigenvalue weighted by Gasteiger charge is -2.42. The summed E-state index contributed by atoms with van der Waals surface area (Å²) in [7, 11) is 1.76. The van der Waals surface area contributed by atoms with Crippen molar-refractivity contribution >= 4 is 36.6 Å². The van der Waals surface area contributed by atoms with Crippen molar-refractivity contribution in [1.29, 1.82) is 0 Å². The monoisotopic (exact) mass is 990 g/mol. The first-order chi connectivity index (χ1) is 32.4. The number of hydrogen-bond donors (Lipinski definition) is 2. The summed E-state index contributed by atoms with van der Waals surface area (Å²) in [6.07, 6.45) is 11.4. The molecule has 0 aromatic rings. The Morgan fingerprint density at radius 1 is 0.855 bits per heavy atom. The number of carbonyl (C=O) groups excluding carboxylic acids is 5. The molecule has 15 atom stereocenters. The molecule has 0 radical (unpaired) electrons. The Morgan fingerprint density at radius 2 is 1.57 bits per heavy atom. The minimum atomic E-state index is -2.79. The highest BCUT2D eigenvalue weighted by molar-refractivity contribution is 7.57. The highest BCUT2D eigenvalue weighted by Crippen LogP contribution is 2.45. The largest absolute Gasteiger partial charge is 0.460 e. The average Bonchev–Trinajstić information content (AvgIpc) is 3.30. The van der Waals surface area contributed by atoms with Crippen LogP contribution in [0.15, 0.2) is 47.6 Å². The van der Waals surface area contributed by atoms with E-state index in [2.05, 4.69) is 0 Å². The van der Waals surface area contributed by atoms with Gasteiger partial charge in [-0.3, -0.25) is 23.7 Å². The number of nitrogens with zero attached hydrogens (tertiary/aromatic N) is 1. The van der Waals surface area contributed by atoms with Crippen LogP contribution in [0.5, 0.6) is 0 Å². The quantitative estimate of drug-likeness (QED) is 0.104. The molecule has 1 amide bonds. The van der Waals surface area contributed by atoms with Crippen molar-refractivity contribution in [3.8, 4) is 0 Å². The first-order valence-corrected chi connectivity index (χ1v) is 27.7. The topological polar surface area (TPSA) is 201 Å². The smallest absolute Gasteiger partial charge is 0.329 e. The lowest BCUT2D eigenvalue weighted by atomic mass is 9.78. The van der Waals surface area contributed by atoms with Crippen LogP contribution < -0.4 is 0 Å². The average molecular weight is 990 g/mol. The van der Waals surface area contributed by atoms with Crippen molar-refractivity contribution in [3.05, 3.63) is 47.6 Å². The molecule has 4 aliphatic rings. The predicted molar refractivity (Wildman–Crippen MR) is 263 cm³/mol. The number of allylic oxidation sites excluding steroid dienone is 6. The zero-order valence-electron chi connectivity index (χ0n) is 43.4. The number of methoxy groups -OCH3 is 3. The van der Waals surface area contributed by atoms with E-state index in [9.17, 15) is 38.8 Å². The third kappa shape index (κ3) is 16.2. The van der Waals surface area contributed by atoms with E-state index in [-0.39, 0.29) is 60.9 Å². The molecule has 2 N–H and O–H groups in total. The van der Waals surface area contributed by atoms with Crippen molar-refractivity contribution in [2.75, 3.05) is 41.2 Å². The summed E-state index contributed by atoms with van der Waals surface area (Å²) in [4.78, 5) is 72.2. The van der Waals surface area contributed by atoms with Gasteiger partial charge in [-0.05, 0) is 107 Å². The van der Waals surface area contributed by atoms with Crippen LogP contribution in [-0.2, 0) is 56.7 Å². The van der Waals surface area contributed by atoms with Crippen LogP contribution in [0, 0.1) is 35.5 Å². The molecule has 15 nitrogen and oxygen atoms in total. The summed E-state index contributed by atoms with van der Waals surface area (Å²) < 4.78 is 48.2. The minimum Gasteiger partial charge on any atom is -0.460 e. The van der Waals surface area contributed by atoms with Gasteiger partial charge >= 0.3 is 5.97 Å². The molecule has 2 bridgehead atoms. The third-order valence-electron chi connectivity index (χ3n) is 14.8. The fourth-order valence-corrected chi connectivity index (χ4v) is 11.4. The Morgan fingerprint density at radius 3 is 2.22 bits per heavy atom. The second-order valence-electron chi connectivity index (χ2n) is 20.9. The minimum absolute atomic E-state index is 0.0117. The number of aliphatic hydroxyl groups is 2. The Kier molecular flexibility index (Phi) is 22.5. The zero-order chi connectivity index (χ0) is 51.4. The number of cyclic esters (lactones) is 1. The lowest BCUT2D eigenvalue weighted by Crippen LogP contribution is -2.61. The molecule has 69 heavy (non-hydrogen) atoms. The Labute approximate surface area is 411 Å². The Balaban J connectivity index is 1.70. The first kappa shape index (κ1) is 58.4. The number of ketones is 3. The fourth-order valence-electron chi connectivity index (χ4n) is 10.5. The van der Waals surface area contributed by atoms with Gasteiger partial charge in [-0.15, -0.1) is 0 Å². The van der Waals surface area contributed by atoms with Gasteiger partial charge in [0.2, 0.25) is 5.79 Å². The molecule has 0 aromatic heterocycles. The second-order valence-corrected chi connectivity index (χ2v) is 23.6. The highest BCUT2D eigenvalue weighted by Gasteiger charge is 2.53. The van der Waals surface area contributed by atoms with Crippen molar-refractivity contribution in [2.24, 2.45) is 35.5 Å². The molecule has 1 aliphatic carbocycles. The molecule has 390 valence electrons. The summed E-state index contributed by atoms with van der Waals surface area (Å²) in [6, 6.07) is -1.16. The van der Waals surface area contributed by atoms with Gasteiger partial charge in [0.1, 0.15) is 30.1 Å². The van der Waals surface area contributed by atoms with E-state index in [0.717, 1.165) is 12.0 Å². The molecule has 0 aromatic carbocycles. The summed E-state index contributed by atoms with van der Waals surface area (Å²) >= 11 is 0. The van der Waals surface area contributed by atoms with Gasteiger partial charge in [-0.2, -0.15) is 0 Å². The first-order valence-electron chi connectivity index (χ1n) is 25.2. The van der Waals surface area contributed by atoms with Gasteiger partial charge in [0.25, 0.3) is 11.7 Å². The lowest BCUT2D eigenvalue weighted by molar-refractivity contribution is -0.265. The SMILES string of the molecule is CO[C@H]1C[C@@H]2CC[C@@H](C)[C@@](O)(O2)C(=O)C(=O)N2CCCC[C@H]2C(=O)O[C@H]([C@H](C)C[C@@H]2CC[C@@H](OP(C)(C)=O)[C@H](OC)C2)CC(=O)C(C)/C=C(\C)[C@@H](O)[C@@H](OC)C(=O)[C@H](C)C[C@H](C)/C=C/C=C/C=C\1C. The van der Waals surface area contributed by atoms with E-state index < -0.39 is 85.1 Å². The summed E-state index contributed by atoms with van der Waals surface area (Å²) in [5.41, 5.74) is 1.25. The number of fused-ring (bicyclic) bond motifs is 3. The van der Waals surface area contributed by atoms with E-state index in [1.54, 1.807) is 54.4 Å². The summed E-state index contributed by atoms with van der Waals surface area (Å²) in [5, 5.41) is 23.5. The van der Waals surface area contributed by atoms with Crippen LogP contribution in [0.3, 0.4) is 0 Å². The predicted octanol–water partition coefficient (Wildman–Crippen LogP) is 7.74. The molecule has 3 fully saturated rings. The van der Waals surface area contributed by atoms with Crippen molar-refractivity contribution in [1.82, 2.24) is 4.90 Å².